The van der Waals surface area contributed by atoms with Crippen LogP contribution in [0.3, 0.4) is 0 Å². The van der Waals surface area contributed by atoms with E-state index < -0.39 is 18.1 Å². The first-order valence-electron chi connectivity index (χ1n) is 9.87. The molecule has 31 heavy (non-hydrogen) atoms. The van der Waals surface area contributed by atoms with Crippen LogP contribution in [-0.4, -0.2) is 25.0 Å². The van der Waals surface area contributed by atoms with Gasteiger partial charge in [-0.05, 0) is 42.5 Å². The van der Waals surface area contributed by atoms with Crippen LogP contribution in [0.25, 0.3) is 0 Å². The number of hydrogen-bond donors (Lipinski definition) is 0. The molecule has 3 aromatic rings. The Morgan fingerprint density at radius 1 is 0.839 bits per heavy atom. The fourth-order valence-electron chi connectivity index (χ4n) is 4.28. The zero-order chi connectivity index (χ0) is 21.5. The number of methoxy groups -OCH3 is 1. The zero-order valence-corrected chi connectivity index (χ0v) is 18.2. The summed E-state index contributed by atoms with van der Waals surface area (Å²) in [6.45, 7) is 0. The lowest BCUT2D eigenvalue weighted by molar-refractivity contribution is -0.126. The summed E-state index contributed by atoms with van der Waals surface area (Å²) in [4.78, 5) is 34.3. The Hall–Kier alpha value is -3.16. The lowest BCUT2D eigenvalue weighted by atomic mass is 9.90. The number of rotatable bonds is 4. The van der Waals surface area contributed by atoms with E-state index in [0.29, 0.717) is 11.4 Å². The first-order chi connectivity index (χ1) is 15.1. The van der Waals surface area contributed by atoms with Crippen LogP contribution in [0, 0.1) is 5.92 Å². The number of carbonyl (C=O) groups is 2. The maximum absolute atomic E-state index is 13.6. The topological polar surface area (TPSA) is 59.1 Å². The summed E-state index contributed by atoms with van der Waals surface area (Å²) in [6, 6.07) is 23.6. The smallest absolute Gasteiger partial charge is 0.266 e. The number of ether oxygens (including phenoxy) is 1. The van der Waals surface area contributed by atoms with Crippen molar-refractivity contribution in [1.82, 2.24) is 0 Å². The van der Waals surface area contributed by atoms with E-state index in [1.54, 1.807) is 36.4 Å². The molecule has 5 rings (SSSR count). The second-order valence-corrected chi connectivity index (χ2v) is 8.30. The SMILES string of the molecule is COc1ccccc1[C@@H]1[C@@H]2C(=O)N(c3ccc(Br)cc3)C(=O)[C@H]2ON1c1ccccc1. The number of carbonyl (C=O) groups excluding carboxylic acids is 2. The Morgan fingerprint density at radius 2 is 1.52 bits per heavy atom. The summed E-state index contributed by atoms with van der Waals surface area (Å²) >= 11 is 3.39. The van der Waals surface area contributed by atoms with E-state index in [2.05, 4.69) is 15.9 Å². The third-order valence-electron chi connectivity index (χ3n) is 5.67. The molecule has 3 aromatic carbocycles. The highest BCUT2D eigenvalue weighted by Gasteiger charge is 2.60. The summed E-state index contributed by atoms with van der Waals surface area (Å²) in [5.74, 6) is -0.713. The molecule has 0 saturated carbocycles. The molecule has 0 radical (unpaired) electrons. The molecule has 0 aliphatic carbocycles. The van der Waals surface area contributed by atoms with E-state index in [-0.39, 0.29) is 11.8 Å². The van der Waals surface area contributed by atoms with E-state index in [4.69, 9.17) is 9.57 Å². The summed E-state index contributed by atoms with van der Waals surface area (Å²) in [5, 5.41) is 1.67. The van der Waals surface area contributed by atoms with E-state index in [9.17, 15) is 9.59 Å². The molecular formula is C24H19BrN2O4. The molecule has 2 heterocycles. The van der Waals surface area contributed by atoms with Gasteiger partial charge < -0.3 is 4.74 Å². The van der Waals surface area contributed by atoms with Crippen molar-refractivity contribution < 1.29 is 19.2 Å². The molecule has 0 unspecified atom stereocenters. The van der Waals surface area contributed by atoms with Crippen molar-refractivity contribution in [2.75, 3.05) is 17.1 Å². The van der Waals surface area contributed by atoms with Crippen LogP contribution in [0.15, 0.2) is 83.3 Å². The standard InChI is InChI=1S/C24H19BrN2O4/c1-30-19-10-6-5-9-18(19)21-20-22(31-27(21)17-7-3-2-4-8-17)24(29)26(23(20)28)16-13-11-15(25)12-14-16/h2-14,20-22H,1H3/t20-,21+,22-/m0/s1. The number of nitrogens with zero attached hydrogens (tertiary/aromatic N) is 2. The third kappa shape index (κ3) is 3.21. The van der Waals surface area contributed by atoms with Crippen molar-refractivity contribution >= 4 is 39.1 Å². The molecule has 0 aromatic heterocycles. The van der Waals surface area contributed by atoms with Gasteiger partial charge in [-0.3, -0.25) is 14.4 Å². The average Bonchev–Trinajstić information content (AvgIpc) is 3.31. The highest BCUT2D eigenvalue weighted by atomic mass is 79.9. The van der Waals surface area contributed by atoms with Gasteiger partial charge in [0.1, 0.15) is 11.7 Å². The van der Waals surface area contributed by atoms with E-state index >= 15 is 0 Å². The number of fused-ring (bicyclic) bond motifs is 1. The number of hydrogen-bond acceptors (Lipinski definition) is 5. The number of benzene rings is 3. The fraction of sp³-hybridized carbons (Fsp3) is 0.167. The Kier molecular flexibility index (Phi) is 5.00. The van der Waals surface area contributed by atoms with Gasteiger partial charge in [-0.15, -0.1) is 0 Å². The molecule has 2 amide bonds. The Bertz CT molecular complexity index is 1140. The summed E-state index contributed by atoms with van der Waals surface area (Å²) in [6.07, 6.45) is -0.911. The van der Waals surface area contributed by atoms with Gasteiger partial charge in [-0.25, -0.2) is 9.96 Å². The lowest BCUT2D eigenvalue weighted by Crippen LogP contribution is -2.37. The minimum atomic E-state index is -0.911. The highest BCUT2D eigenvalue weighted by Crippen LogP contribution is 2.49. The normalized spacial score (nSPS) is 22.7. The minimum absolute atomic E-state index is 0.286. The number of amides is 2. The quantitative estimate of drug-likeness (QED) is 0.516. The molecule has 3 atom stereocenters. The van der Waals surface area contributed by atoms with E-state index in [0.717, 1.165) is 15.7 Å². The number of imide groups is 1. The van der Waals surface area contributed by atoms with Crippen LogP contribution in [-0.2, 0) is 14.4 Å². The zero-order valence-electron chi connectivity index (χ0n) is 16.6. The molecule has 7 heteroatoms. The Morgan fingerprint density at radius 3 is 2.23 bits per heavy atom. The molecule has 0 spiro atoms. The average molecular weight is 479 g/mol. The van der Waals surface area contributed by atoms with Crippen molar-refractivity contribution in [3.05, 3.63) is 88.9 Å². The Labute approximate surface area is 188 Å². The van der Waals surface area contributed by atoms with Gasteiger partial charge in [0.2, 0.25) is 5.91 Å². The first-order valence-corrected chi connectivity index (χ1v) is 10.7. The minimum Gasteiger partial charge on any atom is -0.496 e. The predicted molar refractivity (Wildman–Crippen MR) is 120 cm³/mol. The summed E-state index contributed by atoms with van der Waals surface area (Å²) < 4.78 is 6.45. The second-order valence-electron chi connectivity index (χ2n) is 7.39. The molecule has 2 aliphatic heterocycles. The van der Waals surface area contributed by atoms with Gasteiger partial charge in [-0.2, -0.15) is 0 Å². The molecule has 0 N–H and O–H groups in total. The van der Waals surface area contributed by atoms with Gasteiger partial charge in [-0.1, -0.05) is 52.3 Å². The van der Waals surface area contributed by atoms with Crippen molar-refractivity contribution in [2.45, 2.75) is 12.1 Å². The number of hydroxylamine groups is 1. The molecule has 156 valence electrons. The fourth-order valence-corrected chi connectivity index (χ4v) is 4.55. The molecule has 2 aliphatic rings. The van der Waals surface area contributed by atoms with Crippen LogP contribution in [0.5, 0.6) is 5.75 Å². The number of halogens is 1. The van der Waals surface area contributed by atoms with Gasteiger partial charge in [0.25, 0.3) is 5.91 Å². The van der Waals surface area contributed by atoms with Gasteiger partial charge in [0.05, 0.1) is 24.5 Å². The Balaban J connectivity index is 1.61. The van der Waals surface area contributed by atoms with Crippen LogP contribution < -0.4 is 14.7 Å². The van der Waals surface area contributed by atoms with Crippen molar-refractivity contribution in [2.24, 2.45) is 5.92 Å². The van der Waals surface area contributed by atoms with E-state index in [1.807, 2.05) is 54.6 Å². The molecule has 2 fully saturated rings. The number of anilines is 2. The second kappa shape index (κ2) is 7.83. The molecule has 6 nitrogen and oxygen atoms in total. The van der Waals surface area contributed by atoms with Gasteiger partial charge in [0, 0.05) is 10.0 Å². The number of para-hydroxylation sites is 2. The van der Waals surface area contributed by atoms with Crippen LogP contribution >= 0.6 is 15.9 Å². The van der Waals surface area contributed by atoms with Crippen LogP contribution in [0.4, 0.5) is 11.4 Å². The predicted octanol–water partition coefficient (Wildman–Crippen LogP) is 4.51. The maximum atomic E-state index is 13.6. The maximum Gasteiger partial charge on any atom is 0.266 e. The highest BCUT2D eigenvalue weighted by molar-refractivity contribution is 9.10. The van der Waals surface area contributed by atoms with E-state index in [1.165, 1.54) is 4.90 Å². The summed E-state index contributed by atoms with van der Waals surface area (Å²) in [7, 11) is 1.59. The largest absolute Gasteiger partial charge is 0.496 e. The van der Waals surface area contributed by atoms with Crippen molar-refractivity contribution in [1.29, 1.82) is 0 Å². The lowest BCUT2D eigenvalue weighted by Gasteiger charge is -2.29. The molecular weight excluding hydrogens is 460 g/mol. The van der Waals surface area contributed by atoms with Gasteiger partial charge in [0.15, 0.2) is 6.10 Å². The van der Waals surface area contributed by atoms with Crippen LogP contribution in [0.1, 0.15) is 11.6 Å². The van der Waals surface area contributed by atoms with Crippen LogP contribution in [0.2, 0.25) is 0 Å². The molecule has 2 saturated heterocycles. The van der Waals surface area contributed by atoms with Crippen molar-refractivity contribution in [3.8, 4) is 5.75 Å². The van der Waals surface area contributed by atoms with Gasteiger partial charge >= 0.3 is 0 Å². The monoisotopic (exact) mass is 478 g/mol. The van der Waals surface area contributed by atoms with Crippen molar-refractivity contribution in [3.63, 3.8) is 0 Å². The summed E-state index contributed by atoms with van der Waals surface area (Å²) in [5.41, 5.74) is 2.09. The molecule has 0 bridgehead atoms. The third-order valence-corrected chi connectivity index (χ3v) is 6.20. The first kappa shape index (κ1) is 19.8.